The van der Waals surface area contributed by atoms with Crippen LogP contribution in [-0.4, -0.2) is 16.7 Å². The van der Waals surface area contributed by atoms with Crippen molar-refractivity contribution < 1.29 is 4.74 Å². The maximum Gasteiger partial charge on any atom is 0.182 e. The molecule has 0 unspecified atom stereocenters. The van der Waals surface area contributed by atoms with Crippen molar-refractivity contribution in [1.29, 1.82) is 0 Å². The maximum atomic E-state index is 5.39. The first-order chi connectivity index (χ1) is 8.81. The highest BCUT2D eigenvalue weighted by atomic mass is 32.1. The molecule has 0 atom stereocenters. The summed E-state index contributed by atoms with van der Waals surface area (Å²) in [6.45, 7) is 0. The molecule has 3 nitrogen and oxygen atoms in total. The highest BCUT2D eigenvalue weighted by Gasteiger charge is 2.09. The number of nitrogens with one attached hydrogen (secondary N) is 1. The molecule has 3 rings (SSSR count). The van der Waals surface area contributed by atoms with E-state index in [1.54, 1.807) is 7.11 Å². The Bertz CT molecular complexity index is 743. The standard InChI is InChI=1S/C14H12N2OS/c1-17-12-9-5-8-11-13(12)15-14(18)16(11)10-6-3-2-4-7-10/h2-9H,1H3,(H,15,18). The van der Waals surface area contributed by atoms with Gasteiger partial charge in [0, 0.05) is 5.69 Å². The minimum atomic E-state index is 0.667. The number of methoxy groups -OCH3 is 1. The number of hydrogen-bond donors (Lipinski definition) is 1. The Labute approximate surface area is 110 Å². The number of benzene rings is 2. The molecule has 0 aliphatic carbocycles. The molecule has 0 radical (unpaired) electrons. The van der Waals surface area contributed by atoms with Crippen molar-refractivity contribution in [1.82, 2.24) is 9.55 Å². The van der Waals surface area contributed by atoms with Gasteiger partial charge in [0.2, 0.25) is 0 Å². The van der Waals surface area contributed by atoms with Crippen LogP contribution in [0, 0.1) is 4.77 Å². The number of nitrogens with zero attached hydrogens (tertiary/aromatic N) is 1. The van der Waals surface area contributed by atoms with Crippen LogP contribution in [0.1, 0.15) is 0 Å². The van der Waals surface area contributed by atoms with Crippen LogP contribution < -0.4 is 4.74 Å². The smallest absolute Gasteiger partial charge is 0.182 e. The zero-order valence-corrected chi connectivity index (χ0v) is 10.7. The van der Waals surface area contributed by atoms with Crippen molar-refractivity contribution >= 4 is 23.3 Å². The molecule has 90 valence electrons. The van der Waals surface area contributed by atoms with Gasteiger partial charge in [-0.2, -0.15) is 0 Å². The molecule has 1 heterocycles. The average Bonchev–Trinajstić information content (AvgIpc) is 2.75. The fourth-order valence-corrected chi connectivity index (χ4v) is 2.41. The molecule has 0 bridgehead atoms. The van der Waals surface area contributed by atoms with Crippen molar-refractivity contribution in [3.63, 3.8) is 0 Å². The zero-order valence-electron chi connectivity index (χ0n) is 9.88. The number of aromatic amines is 1. The Morgan fingerprint density at radius 1 is 1.06 bits per heavy atom. The van der Waals surface area contributed by atoms with E-state index in [0.717, 1.165) is 22.5 Å². The third-order valence-electron chi connectivity index (χ3n) is 2.91. The van der Waals surface area contributed by atoms with Gasteiger partial charge in [0.15, 0.2) is 4.77 Å². The number of ether oxygens (including phenoxy) is 1. The molecule has 0 saturated heterocycles. The first kappa shape index (κ1) is 11.0. The number of H-pyrrole nitrogens is 1. The molecule has 0 amide bonds. The molecule has 0 aliphatic rings. The molecular weight excluding hydrogens is 244 g/mol. The van der Waals surface area contributed by atoms with E-state index >= 15 is 0 Å². The molecular formula is C14H12N2OS. The Morgan fingerprint density at radius 2 is 1.83 bits per heavy atom. The van der Waals surface area contributed by atoms with E-state index in [0.29, 0.717) is 4.77 Å². The van der Waals surface area contributed by atoms with Crippen LogP contribution in [0.2, 0.25) is 0 Å². The highest BCUT2D eigenvalue weighted by Crippen LogP contribution is 2.26. The Morgan fingerprint density at radius 3 is 2.56 bits per heavy atom. The van der Waals surface area contributed by atoms with E-state index in [-0.39, 0.29) is 0 Å². The topological polar surface area (TPSA) is 29.9 Å². The third-order valence-corrected chi connectivity index (χ3v) is 3.20. The maximum absolute atomic E-state index is 5.39. The molecule has 3 aromatic rings. The van der Waals surface area contributed by atoms with Crippen molar-refractivity contribution in [3.8, 4) is 11.4 Å². The fourth-order valence-electron chi connectivity index (χ4n) is 2.11. The lowest BCUT2D eigenvalue weighted by Gasteiger charge is -2.05. The number of fused-ring (bicyclic) bond motifs is 1. The molecule has 1 aromatic heterocycles. The number of para-hydroxylation sites is 2. The van der Waals surface area contributed by atoms with Gasteiger partial charge < -0.3 is 9.72 Å². The second-order valence-electron chi connectivity index (χ2n) is 3.96. The summed E-state index contributed by atoms with van der Waals surface area (Å²) in [4.78, 5) is 3.20. The van der Waals surface area contributed by atoms with Crippen LogP contribution in [-0.2, 0) is 0 Å². The lowest BCUT2D eigenvalue weighted by atomic mass is 10.2. The Balaban J connectivity index is 2.37. The van der Waals surface area contributed by atoms with E-state index < -0.39 is 0 Å². The van der Waals surface area contributed by atoms with Gasteiger partial charge in [-0.1, -0.05) is 24.3 Å². The van der Waals surface area contributed by atoms with Gasteiger partial charge in [-0.15, -0.1) is 0 Å². The van der Waals surface area contributed by atoms with Crippen LogP contribution in [0.5, 0.6) is 5.75 Å². The van der Waals surface area contributed by atoms with Gasteiger partial charge in [0.05, 0.1) is 12.6 Å². The molecule has 0 saturated carbocycles. The summed E-state index contributed by atoms with van der Waals surface area (Å²) in [5.74, 6) is 0.799. The molecule has 1 N–H and O–H groups in total. The first-order valence-electron chi connectivity index (χ1n) is 5.64. The van der Waals surface area contributed by atoms with Crippen molar-refractivity contribution in [3.05, 3.63) is 53.3 Å². The van der Waals surface area contributed by atoms with Crippen molar-refractivity contribution in [2.24, 2.45) is 0 Å². The number of imidazole rings is 1. The highest BCUT2D eigenvalue weighted by molar-refractivity contribution is 7.71. The fraction of sp³-hybridized carbons (Fsp3) is 0.0714. The van der Waals surface area contributed by atoms with E-state index in [2.05, 4.69) is 4.98 Å². The predicted molar refractivity (Wildman–Crippen MR) is 75.0 cm³/mol. The second kappa shape index (κ2) is 4.31. The first-order valence-corrected chi connectivity index (χ1v) is 6.05. The lowest BCUT2D eigenvalue weighted by molar-refractivity contribution is 0.419. The van der Waals surface area contributed by atoms with Gasteiger partial charge in [-0.05, 0) is 36.5 Å². The van der Waals surface area contributed by atoms with E-state index in [1.165, 1.54) is 0 Å². The monoisotopic (exact) mass is 256 g/mol. The predicted octanol–water partition coefficient (Wildman–Crippen LogP) is 3.70. The van der Waals surface area contributed by atoms with Crippen molar-refractivity contribution in [2.75, 3.05) is 7.11 Å². The normalized spacial score (nSPS) is 10.7. The molecule has 18 heavy (non-hydrogen) atoms. The summed E-state index contributed by atoms with van der Waals surface area (Å²) >= 11 is 5.39. The Kier molecular flexibility index (Phi) is 2.64. The SMILES string of the molecule is COc1cccc2c1[nH]c(=S)n2-c1ccccc1. The van der Waals surface area contributed by atoms with Gasteiger partial charge in [0.25, 0.3) is 0 Å². The van der Waals surface area contributed by atoms with Crippen LogP contribution in [0.3, 0.4) is 0 Å². The van der Waals surface area contributed by atoms with Gasteiger partial charge in [-0.25, -0.2) is 0 Å². The average molecular weight is 256 g/mol. The van der Waals surface area contributed by atoms with Crippen molar-refractivity contribution in [2.45, 2.75) is 0 Å². The summed E-state index contributed by atoms with van der Waals surface area (Å²) in [7, 11) is 1.66. The summed E-state index contributed by atoms with van der Waals surface area (Å²) in [5.41, 5.74) is 2.99. The molecule has 4 heteroatoms. The third kappa shape index (κ3) is 1.62. The minimum absolute atomic E-state index is 0.667. The number of hydrogen-bond acceptors (Lipinski definition) is 2. The second-order valence-corrected chi connectivity index (χ2v) is 4.34. The van der Waals surface area contributed by atoms with Crippen LogP contribution in [0.15, 0.2) is 48.5 Å². The zero-order chi connectivity index (χ0) is 12.5. The summed E-state index contributed by atoms with van der Waals surface area (Å²) in [5, 5.41) is 0. The van der Waals surface area contributed by atoms with E-state index in [4.69, 9.17) is 17.0 Å². The molecule has 0 aliphatic heterocycles. The number of rotatable bonds is 2. The number of aromatic nitrogens is 2. The molecule has 2 aromatic carbocycles. The summed E-state index contributed by atoms with van der Waals surface area (Å²) in [6, 6.07) is 15.9. The lowest BCUT2D eigenvalue weighted by Crippen LogP contribution is -1.93. The van der Waals surface area contributed by atoms with Crippen LogP contribution in [0.25, 0.3) is 16.7 Å². The van der Waals surface area contributed by atoms with Crippen LogP contribution >= 0.6 is 12.2 Å². The van der Waals surface area contributed by atoms with E-state index in [9.17, 15) is 0 Å². The minimum Gasteiger partial charge on any atom is -0.494 e. The van der Waals surface area contributed by atoms with Gasteiger partial charge >= 0.3 is 0 Å². The van der Waals surface area contributed by atoms with Crippen LogP contribution in [0.4, 0.5) is 0 Å². The molecule has 0 fully saturated rings. The Hall–Kier alpha value is -2.07. The summed E-state index contributed by atoms with van der Waals surface area (Å²) in [6.07, 6.45) is 0. The van der Waals surface area contributed by atoms with E-state index in [1.807, 2.05) is 53.1 Å². The summed E-state index contributed by atoms with van der Waals surface area (Å²) < 4.78 is 8.02. The molecule has 0 spiro atoms. The quantitative estimate of drug-likeness (QED) is 0.709. The van der Waals surface area contributed by atoms with Gasteiger partial charge in [-0.3, -0.25) is 4.57 Å². The largest absolute Gasteiger partial charge is 0.494 e. The van der Waals surface area contributed by atoms with Gasteiger partial charge in [0.1, 0.15) is 11.3 Å².